The largest absolute Gasteiger partial charge is 0.272 e. The second kappa shape index (κ2) is 5.34. The fraction of sp³-hybridized carbons (Fsp3) is 0.769. The van der Waals surface area contributed by atoms with Crippen LogP contribution in [-0.2, 0) is 13.0 Å². The van der Waals surface area contributed by atoms with Crippen molar-refractivity contribution in [2.24, 2.45) is 5.41 Å². The van der Waals surface area contributed by atoms with Crippen molar-refractivity contribution in [3.05, 3.63) is 18.0 Å². The van der Waals surface area contributed by atoms with Gasteiger partial charge in [-0.05, 0) is 30.2 Å². The Hall–Kier alpha value is -0.790. The van der Waals surface area contributed by atoms with E-state index >= 15 is 0 Å². The molecule has 1 heterocycles. The summed E-state index contributed by atoms with van der Waals surface area (Å²) < 4.78 is 2.07. The molecule has 0 spiro atoms. The van der Waals surface area contributed by atoms with Crippen molar-refractivity contribution in [1.29, 1.82) is 0 Å². The van der Waals surface area contributed by atoms with Gasteiger partial charge in [-0.1, -0.05) is 34.1 Å². The number of hydrogen-bond donors (Lipinski definition) is 0. The lowest BCUT2D eigenvalue weighted by atomic mass is 9.90. The van der Waals surface area contributed by atoms with E-state index in [9.17, 15) is 0 Å². The highest BCUT2D eigenvalue weighted by atomic mass is 15.3. The number of nitrogens with zero attached hydrogens (tertiary/aromatic N) is 2. The Kier molecular flexibility index (Phi) is 4.37. The maximum atomic E-state index is 4.34. The molecule has 1 aromatic heterocycles. The monoisotopic (exact) mass is 208 g/mol. The first-order valence-corrected chi connectivity index (χ1v) is 6.02. The number of rotatable bonds is 5. The molecule has 1 rings (SSSR count). The summed E-state index contributed by atoms with van der Waals surface area (Å²) in [5, 5.41) is 4.34. The number of hydrogen-bond acceptors (Lipinski definition) is 1. The Balaban J connectivity index is 2.20. The van der Waals surface area contributed by atoms with Gasteiger partial charge < -0.3 is 0 Å². The van der Waals surface area contributed by atoms with Gasteiger partial charge in [0.05, 0.1) is 6.20 Å². The molecule has 0 aliphatic carbocycles. The molecule has 0 unspecified atom stereocenters. The van der Waals surface area contributed by atoms with Crippen molar-refractivity contribution in [3.63, 3.8) is 0 Å². The molecule has 86 valence electrons. The lowest BCUT2D eigenvalue weighted by molar-refractivity contribution is 0.352. The van der Waals surface area contributed by atoms with Crippen LogP contribution in [0.15, 0.2) is 12.4 Å². The SMILES string of the molecule is CCc1cnn(CCCCC(C)(C)C)c1. The zero-order valence-electron chi connectivity index (χ0n) is 10.6. The van der Waals surface area contributed by atoms with Crippen LogP contribution in [0.25, 0.3) is 0 Å². The van der Waals surface area contributed by atoms with E-state index in [0.717, 1.165) is 13.0 Å². The van der Waals surface area contributed by atoms with Gasteiger partial charge in [0.15, 0.2) is 0 Å². The predicted octanol–water partition coefficient (Wildman–Crippen LogP) is 3.66. The van der Waals surface area contributed by atoms with Crippen LogP contribution < -0.4 is 0 Å². The third kappa shape index (κ3) is 5.01. The molecule has 0 bridgehead atoms. The van der Waals surface area contributed by atoms with Crippen molar-refractivity contribution in [2.75, 3.05) is 0 Å². The summed E-state index contributed by atoms with van der Waals surface area (Å²) in [6, 6.07) is 0. The van der Waals surface area contributed by atoms with E-state index in [0.29, 0.717) is 5.41 Å². The molecule has 2 nitrogen and oxygen atoms in total. The minimum absolute atomic E-state index is 0.471. The summed E-state index contributed by atoms with van der Waals surface area (Å²) >= 11 is 0. The predicted molar refractivity (Wildman–Crippen MR) is 64.9 cm³/mol. The third-order valence-electron chi connectivity index (χ3n) is 2.66. The van der Waals surface area contributed by atoms with Crippen LogP contribution in [0.1, 0.15) is 52.5 Å². The van der Waals surface area contributed by atoms with Gasteiger partial charge in [-0.25, -0.2) is 0 Å². The van der Waals surface area contributed by atoms with E-state index in [1.165, 1.54) is 24.8 Å². The van der Waals surface area contributed by atoms with Gasteiger partial charge in [0.1, 0.15) is 0 Å². The molecule has 0 atom stereocenters. The van der Waals surface area contributed by atoms with Crippen LogP contribution in [0.2, 0.25) is 0 Å². The maximum absolute atomic E-state index is 4.34. The van der Waals surface area contributed by atoms with Crippen LogP contribution in [0.4, 0.5) is 0 Å². The van der Waals surface area contributed by atoms with Crippen LogP contribution in [0, 0.1) is 5.41 Å². The third-order valence-corrected chi connectivity index (χ3v) is 2.66. The summed E-state index contributed by atoms with van der Waals surface area (Å²) in [6.07, 6.45) is 9.06. The van der Waals surface area contributed by atoms with Gasteiger partial charge in [0.25, 0.3) is 0 Å². The van der Waals surface area contributed by atoms with E-state index in [1.54, 1.807) is 0 Å². The summed E-state index contributed by atoms with van der Waals surface area (Å²) in [6.45, 7) is 10.1. The molecule has 0 saturated carbocycles. The average Bonchev–Trinajstić information content (AvgIpc) is 2.59. The number of aryl methyl sites for hydroxylation is 2. The van der Waals surface area contributed by atoms with E-state index in [-0.39, 0.29) is 0 Å². The van der Waals surface area contributed by atoms with Gasteiger partial charge >= 0.3 is 0 Å². The van der Waals surface area contributed by atoms with Crippen LogP contribution in [0.5, 0.6) is 0 Å². The molecule has 0 aromatic carbocycles. The first kappa shape index (κ1) is 12.3. The van der Waals surface area contributed by atoms with Gasteiger partial charge in [-0.2, -0.15) is 5.10 Å². The highest BCUT2D eigenvalue weighted by Gasteiger charge is 2.08. The number of aromatic nitrogens is 2. The molecule has 0 N–H and O–H groups in total. The topological polar surface area (TPSA) is 17.8 Å². The molecule has 0 fully saturated rings. The van der Waals surface area contributed by atoms with E-state index in [2.05, 4.69) is 43.7 Å². The van der Waals surface area contributed by atoms with Crippen molar-refractivity contribution < 1.29 is 0 Å². The molecule has 1 aromatic rings. The first-order valence-electron chi connectivity index (χ1n) is 6.02. The zero-order chi connectivity index (χ0) is 11.3. The Morgan fingerprint density at radius 2 is 2.00 bits per heavy atom. The molecule has 0 aliphatic heterocycles. The average molecular weight is 208 g/mol. The zero-order valence-corrected chi connectivity index (χ0v) is 10.6. The molecule has 0 amide bonds. The molecule has 15 heavy (non-hydrogen) atoms. The van der Waals surface area contributed by atoms with Crippen molar-refractivity contribution in [2.45, 2.75) is 59.9 Å². The normalized spacial score (nSPS) is 12.0. The van der Waals surface area contributed by atoms with Crippen LogP contribution in [0.3, 0.4) is 0 Å². The standard InChI is InChI=1S/C13H24N2/c1-5-12-10-14-15(11-12)9-7-6-8-13(2,3)4/h10-11H,5-9H2,1-4H3. The molecule has 0 saturated heterocycles. The first-order chi connectivity index (χ1) is 7.01. The van der Waals surface area contributed by atoms with Gasteiger partial charge in [0, 0.05) is 12.7 Å². The van der Waals surface area contributed by atoms with E-state index in [1.807, 2.05) is 6.20 Å². The smallest absolute Gasteiger partial charge is 0.0521 e. The number of unbranched alkanes of at least 4 members (excludes halogenated alkanes) is 1. The van der Waals surface area contributed by atoms with Gasteiger partial charge in [-0.15, -0.1) is 0 Å². The molecular formula is C13H24N2. The second-order valence-electron chi connectivity index (χ2n) is 5.48. The highest BCUT2D eigenvalue weighted by Crippen LogP contribution is 2.21. The van der Waals surface area contributed by atoms with Crippen molar-refractivity contribution >= 4 is 0 Å². The fourth-order valence-electron chi connectivity index (χ4n) is 1.64. The van der Waals surface area contributed by atoms with Gasteiger partial charge in [-0.3, -0.25) is 4.68 Å². The minimum Gasteiger partial charge on any atom is -0.272 e. The van der Waals surface area contributed by atoms with E-state index < -0.39 is 0 Å². The Bertz CT molecular complexity index is 281. The summed E-state index contributed by atoms with van der Waals surface area (Å²) in [4.78, 5) is 0. The van der Waals surface area contributed by atoms with Gasteiger partial charge in [0.2, 0.25) is 0 Å². The Labute approximate surface area is 93.7 Å². The van der Waals surface area contributed by atoms with Crippen molar-refractivity contribution in [3.8, 4) is 0 Å². The summed E-state index contributed by atoms with van der Waals surface area (Å²) in [7, 11) is 0. The molecule has 2 heteroatoms. The molecular weight excluding hydrogens is 184 g/mol. The highest BCUT2D eigenvalue weighted by molar-refractivity contribution is 5.02. The fourth-order valence-corrected chi connectivity index (χ4v) is 1.64. The Morgan fingerprint density at radius 1 is 1.27 bits per heavy atom. The molecule has 0 radical (unpaired) electrons. The molecule has 0 aliphatic rings. The maximum Gasteiger partial charge on any atom is 0.0521 e. The lowest BCUT2D eigenvalue weighted by Crippen LogP contribution is -2.05. The van der Waals surface area contributed by atoms with E-state index in [4.69, 9.17) is 0 Å². The van der Waals surface area contributed by atoms with Crippen LogP contribution >= 0.6 is 0 Å². The van der Waals surface area contributed by atoms with Crippen molar-refractivity contribution in [1.82, 2.24) is 9.78 Å². The minimum atomic E-state index is 0.471. The van der Waals surface area contributed by atoms with Crippen LogP contribution in [-0.4, -0.2) is 9.78 Å². The lowest BCUT2D eigenvalue weighted by Gasteiger charge is -2.17. The second-order valence-corrected chi connectivity index (χ2v) is 5.48. The summed E-state index contributed by atoms with van der Waals surface area (Å²) in [5.41, 5.74) is 1.81. The Morgan fingerprint density at radius 3 is 2.53 bits per heavy atom. The quantitative estimate of drug-likeness (QED) is 0.675. The summed E-state index contributed by atoms with van der Waals surface area (Å²) in [5.74, 6) is 0.